The highest BCUT2D eigenvalue weighted by atomic mass is 19.1. The molecule has 22 heavy (non-hydrogen) atoms. The summed E-state index contributed by atoms with van der Waals surface area (Å²) in [6, 6.07) is 3.07. The molecule has 0 aromatic heterocycles. The summed E-state index contributed by atoms with van der Waals surface area (Å²) in [5.41, 5.74) is 5.21. The zero-order valence-electron chi connectivity index (χ0n) is 12.1. The number of hydrogen-bond donors (Lipinski definition) is 1. The van der Waals surface area contributed by atoms with Crippen LogP contribution in [0, 0.1) is 17.6 Å². The summed E-state index contributed by atoms with van der Waals surface area (Å²) in [5, 5.41) is 0. The maximum atomic E-state index is 13.3. The molecule has 5 nitrogen and oxygen atoms in total. The lowest BCUT2D eigenvalue weighted by Gasteiger charge is -2.16. The monoisotopic (exact) mass is 312 g/mol. The number of carbonyl (C=O) groups excluding carboxylic acids is 2. The Kier molecular flexibility index (Phi) is 5.30. The highest BCUT2D eigenvalue weighted by Crippen LogP contribution is 2.19. The number of rotatable bonds is 6. The van der Waals surface area contributed by atoms with Crippen molar-refractivity contribution < 1.29 is 23.1 Å². The zero-order valence-corrected chi connectivity index (χ0v) is 12.1. The van der Waals surface area contributed by atoms with Gasteiger partial charge in [0.15, 0.2) is 11.6 Å². The molecule has 1 aliphatic rings. The van der Waals surface area contributed by atoms with E-state index < -0.39 is 11.6 Å². The largest absolute Gasteiger partial charge is 0.491 e. The first-order chi connectivity index (χ1) is 10.5. The average Bonchev–Trinajstić information content (AvgIpc) is 2.95. The van der Waals surface area contributed by atoms with E-state index in [0.29, 0.717) is 25.9 Å². The van der Waals surface area contributed by atoms with Gasteiger partial charge in [-0.05, 0) is 25.0 Å². The molecule has 2 rings (SSSR count). The number of likely N-dealkylation sites (tertiary alicyclic amines) is 1. The third-order valence-electron chi connectivity index (χ3n) is 3.63. The molecule has 1 heterocycles. The van der Waals surface area contributed by atoms with Crippen LogP contribution < -0.4 is 10.5 Å². The predicted octanol–water partition coefficient (Wildman–Crippen LogP) is 1.46. The van der Waals surface area contributed by atoms with Crippen molar-refractivity contribution in [2.75, 3.05) is 19.7 Å². The molecule has 1 saturated heterocycles. The van der Waals surface area contributed by atoms with Gasteiger partial charge in [0.2, 0.25) is 11.8 Å². The first-order valence-electron chi connectivity index (χ1n) is 7.12. The topological polar surface area (TPSA) is 72.6 Å². The fraction of sp³-hybridized carbons (Fsp3) is 0.467. The highest BCUT2D eigenvalue weighted by molar-refractivity contribution is 5.81. The Bertz CT molecular complexity index is 566. The second-order valence-electron chi connectivity index (χ2n) is 5.25. The molecule has 0 saturated carbocycles. The Balaban J connectivity index is 1.70. The second kappa shape index (κ2) is 7.20. The summed E-state index contributed by atoms with van der Waals surface area (Å²) in [6.45, 7) is 1.04. The van der Waals surface area contributed by atoms with Gasteiger partial charge >= 0.3 is 0 Å². The van der Waals surface area contributed by atoms with Crippen molar-refractivity contribution in [1.82, 2.24) is 4.90 Å². The minimum Gasteiger partial charge on any atom is -0.491 e. The number of benzene rings is 1. The van der Waals surface area contributed by atoms with Crippen molar-refractivity contribution in [3.8, 4) is 5.75 Å². The van der Waals surface area contributed by atoms with E-state index >= 15 is 0 Å². The third-order valence-corrected chi connectivity index (χ3v) is 3.63. The van der Waals surface area contributed by atoms with Crippen LogP contribution in [0.1, 0.15) is 19.3 Å². The quantitative estimate of drug-likeness (QED) is 0.808. The summed E-state index contributed by atoms with van der Waals surface area (Å²) in [6.07, 6.45) is 1.25. The Morgan fingerprint density at radius 2 is 2.14 bits per heavy atom. The molecule has 1 atom stereocenters. The van der Waals surface area contributed by atoms with Crippen molar-refractivity contribution in [2.24, 2.45) is 11.7 Å². The van der Waals surface area contributed by atoms with Crippen LogP contribution in [0.25, 0.3) is 0 Å². The van der Waals surface area contributed by atoms with Crippen LogP contribution in [0.2, 0.25) is 0 Å². The SMILES string of the molecule is NC(=O)C1CCN(C(=O)CCCOc2ccc(F)cc2F)C1. The van der Waals surface area contributed by atoms with Crippen LogP contribution in [-0.2, 0) is 9.59 Å². The van der Waals surface area contributed by atoms with E-state index in [-0.39, 0.29) is 36.5 Å². The maximum absolute atomic E-state index is 13.3. The fourth-order valence-electron chi connectivity index (χ4n) is 2.37. The van der Waals surface area contributed by atoms with Gasteiger partial charge in [-0.2, -0.15) is 0 Å². The Labute approximate surface area is 127 Å². The van der Waals surface area contributed by atoms with E-state index in [1.165, 1.54) is 6.07 Å². The van der Waals surface area contributed by atoms with Crippen LogP contribution in [0.4, 0.5) is 8.78 Å². The number of carbonyl (C=O) groups is 2. The smallest absolute Gasteiger partial charge is 0.222 e. The van der Waals surface area contributed by atoms with Gasteiger partial charge in [-0.25, -0.2) is 8.78 Å². The first kappa shape index (κ1) is 16.2. The Hall–Kier alpha value is -2.18. The standard InChI is InChI=1S/C15H18F2N2O3/c16-11-3-4-13(12(17)8-11)22-7-1-2-14(20)19-6-5-10(9-19)15(18)21/h3-4,8,10H,1-2,5-7,9H2,(H2,18,21). The number of ether oxygens (including phenoxy) is 1. The van der Waals surface area contributed by atoms with E-state index in [2.05, 4.69) is 0 Å². The molecule has 120 valence electrons. The number of halogens is 2. The van der Waals surface area contributed by atoms with Gasteiger partial charge in [0.25, 0.3) is 0 Å². The van der Waals surface area contributed by atoms with E-state index in [1.807, 2.05) is 0 Å². The minimum absolute atomic E-state index is 0.0381. The van der Waals surface area contributed by atoms with Crippen LogP contribution in [-0.4, -0.2) is 36.4 Å². The molecular formula is C15H18F2N2O3. The molecular weight excluding hydrogens is 294 g/mol. The summed E-state index contributed by atoms with van der Waals surface area (Å²) >= 11 is 0. The molecule has 0 bridgehead atoms. The van der Waals surface area contributed by atoms with Crippen molar-refractivity contribution >= 4 is 11.8 Å². The molecule has 0 spiro atoms. The van der Waals surface area contributed by atoms with Crippen molar-refractivity contribution in [2.45, 2.75) is 19.3 Å². The van der Waals surface area contributed by atoms with Crippen LogP contribution in [0.5, 0.6) is 5.75 Å². The lowest BCUT2D eigenvalue weighted by molar-refractivity contribution is -0.130. The molecule has 1 aromatic rings. The van der Waals surface area contributed by atoms with E-state index in [0.717, 1.165) is 12.1 Å². The van der Waals surface area contributed by atoms with Gasteiger partial charge < -0.3 is 15.4 Å². The van der Waals surface area contributed by atoms with Crippen LogP contribution >= 0.6 is 0 Å². The van der Waals surface area contributed by atoms with Crippen molar-refractivity contribution in [3.05, 3.63) is 29.8 Å². The van der Waals surface area contributed by atoms with Gasteiger partial charge in [0, 0.05) is 25.6 Å². The normalized spacial score (nSPS) is 17.5. The lowest BCUT2D eigenvalue weighted by Crippen LogP contribution is -2.31. The lowest BCUT2D eigenvalue weighted by atomic mass is 10.1. The molecule has 7 heteroatoms. The van der Waals surface area contributed by atoms with Gasteiger partial charge in [0.1, 0.15) is 5.82 Å². The molecule has 2 amide bonds. The van der Waals surface area contributed by atoms with Crippen LogP contribution in [0.3, 0.4) is 0 Å². The van der Waals surface area contributed by atoms with Crippen molar-refractivity contribution in [3.63, 3.8) is 0 Å². The summed E-state index contributed by atoms with van der Waals surface area (Å²) in [5.74, 6) is -2.21. The molecule has 0 radical (unpaired) electrons. The zero-order chi connectivity index (χ0) is 16.1. The number of amides is 2. The van der Waals surface area contributed by atoms with E-state index in [4.69, 9.17) is 10.5 Å². The van der Waals surface area contributed by atoms with E-state index in [9.17, 15) is 18.4 Å². The van der Waals surface area contributed by atoms with Crippen molar-refractivity contribution in [1.29, 1.82) is 0 Å². The molecule has 1 aliphatic heterocycles. The number of nitrogens with zero attached hydrogens (tertiary/aromatic N) is 1. The van der Waals surface area contributed by atoms with Gasteiger partial charge in [-0.1, -0.05) is 0 Å². The van der Waals surface area contributed by atoms with Gasteiger partial charge in [0.05, 0.1) is 12.5 Å². The number of hydrogen-bond acceptors (Lipinski definition) is 3. The summed E-state index contributed by atoms with van der Waals surface area (Å²) < 4.78 is 31.2. The third kappa shape index (κ3) is 4.16. The first-order valence-corrected chi connectivity index (χ1v) is 7.12. The summed E-state index contributed by atoms with van der Waals surface area (Å²) in [4.78, 5) is 24.6. The molecule has 1 fully saturated rings. The molecule has 1 unspecified atom stereocenters. The summed E-state index contributed by atoms with van der Waals surface area (Å²) in [7, 11) is 0. The van der Waals surface area contributed by atoms with Crippen LogP contribution in [0.15, 0.2) is 18.2 Å². The van der Waals surface area contributed by atoms with E-state index in [1.54, 1.807) is 4.90 Å². The Morgan fingerprint density at radius 1 is 1.36 bits per heavy atom. The van der Waals surface area contributed by atoms with Gasteiger partial charge in [-0.3, -0.25) is 9.59 Å². The number of nitrogens with two attached hydrogens (primary N) is 1. The maximum Gasteiger partial charge on any atom is 0.222 e. The number of primary amides is 1. The molecule has 1 aromatic carbocycles. The molecule has 2 N–H and O–H groups in total. The highest BCUT2D eigenvalue weighted by Gasteiger charge is 2.29. The minimum atomic E-state index is -0.768. The van der Waals surface area contributed by atoms with Gasteiger partial charge in [-0.15, -0.1) is 0 Å². The second-order valence-corrected chi connectivity index (χ2v) is 5.25. The average molecular weight is 312 g/mol. The molecule has 0 aliphatic carbocycles. The predicted molar refractivity (Wildman–Crippen MR) is 75.0 cm³/mol. The fourth-order valence-corrected chi connectivity index (χ4v) is 2.37. The Morgan fingerprint density at radius 3 is 2.77 bits per heavy atom.